The van der Waals surface area contributed by atoms with Crippen molar-refractivity contribution in [2.45, 2.75) is 6.61 Å². The topological polar surface area (TPSA) is 97.9 Å². The minimum absolute atomic E-state index is 0.0530. The monoisotopic (exact) mass is 421 g/mol. The van der Waals surface area contributed by atoms with Crippen molar-refractivity contribution < 1.29 is 28.2 Å². The normalized spacial score (nSPS) is 9.90. The van der Waals surface area contributed by atoms with Crippen LogP contribution in [0.1, 0.15) is 15.9 Å². The summed E-state index contributed by atoms with van der Waals surface area (Å²) in [6, 6.07) is 10.5. The molecule has 0 aliphatic heterocycles. The third-order valence-corrected chi connectivity index (χ3v) is 3.87. The summed E-state index contributed by atoms with van der Waals surface area (Å²) in [7, 11) is 2.83. The van der Waals surface area contributed by atoms with Crippen LogP contribution in [0.5, 0.6) is 11.5 Å². The Hall–Kier alpha value is -3.40. The molecule has 2 aromatic carbocycles. The van der Waals surface area contributed by atoms with Crippen LogP contribution in [0, 0.1) is 5.82 Å². The minimum Gasteiger partial charge on any atom is -0.489 e. The first-order valence-electron chi connectivity index (χ1n) is 8.42. The molecule has 0 unspecified atom stereocenters. The fourth-order valence-electron chi connectivity index (χ4n) is 2.12. The van der Waals surface area contributed by atoms with Gasteiger partial charge in [-0.2, -0.15) is 0 Å². The van der Waals surface area contributed by atoms with Crippen molar-refractivity contribution in [3.05, 3.63) is 59.4 Å². The van der Waals surface area contributed by atoms with Crippen LogP contribution in [0.4, 0.5) is 4.39 Å². The summed E-state index contributed by atoms with van der Waals surface area (Å²) in [5.41, 5.74) is 5.31. The molecule has 1 amide bonds. The van der Waals surface area contributed by atoms with Gasteiger partial charge < -0.3 is 19.5 Å². The predicted octanol–water partition coefficient (Wildman–Crippen LogP) is 1.70. The summed E-state index contributed by atoms with van der Waals surface area (Å²) >= 11 is 4.83. The molecule has 10 heteroatoms. The Morgan fingerprint density at radius 1 is 1.07 bits per heavy atom. The standard InChI is InChI=1S/C19H20FN3O5S/c1-21-19(29)23-22-17(24)11-28-15-8-13(18(25)26-2)7-14(9-15)27-10-12-5-3-4-6-16(12)20/h3-9H,10-11H2,1-2H3,(H,22,24)(H2,21,23,29). The molecule has 0 aliphatic carbocycles. The number of benzene rings is 2. The van der Waals surface area contributed by atoms with Crippen molar-refractivity contribution in [2.75, 3.05) is 20.8 Å². The van der Waals surface area contributed by atoms with Crippen LogP contribution in [0.15, 0.2) is 42.5 Å². The van der Waals surface area contributed by atoms with Gasteiger partial charge >= 0.3 is 5.97 Å². The van der Waals surface area contributed by atoms with Crippen LogP contribution >= 0.6 is 12.2 Å². The summed E-state index contributed by atoms with van der Waals surface area (Å²) in [4.78, 5) is 23.7. The maximum atomic E-state index is 13.8. The average Bonchev–Trinajstić information content (AvgIpc) is 2.74. The highest BCUT2D eigenvalue weighted by molar-refractivity contribution is 7.80. The van der Waals surface area contributed by atoms with E-state index in [1.54, 1.807) is 25.2 Å². The van der Waals surface area contributed by atoms with Crippen LogP contribution in [-0.2, 0) is 16.1 Å². The van der Waals surface area contributed by atoms with Crippen molar-refractivity contribution in [1.82, 2.24) is 16.2 Å². The highest BCUT2D eigenvalue weighted by atomic mass is 32.1. The molecule has 0 spiro atoms. The molecule has 0 saturated carbocycles. The number of carbonyl (C=O) groups is 2. The number of esters is 1. The van der Waals surface area contributed by atoms with Crippen molar-refractivity contribution in [2.24, 2.45) is 0 Å². The number of methoxy groups -OCH3 is 1. The maximum Gasteiger partial charge on any atom is 0.338 e. The van der Waals surface area contributed by atoms with Gasteiger partial charge in [-0.3, -0.25) is 15.6 Å². The number of thiocarbonyl (C=S) groups is 1. The van der Waals surface area contributed by atoms with Crippen LogP contribution < -0.4 is 25.6 Å². The van der Waals surface area contributed by atoms with Crippen LogP contribution in [0.2, 0.25) is 0 Å². The van der Waals surface area contributed by atoms with Crippen molar-refractivity contribution in [3.63, 3.8) is 0 Å². The molecule has 0 fully saturated rings. The lowest BCUT2D eigenvalue weighted by Gasteiger charge is -2.13. The lowest BCUT2D eigenvalue weighted by Crippen LogP contribution is -2.47. The Morgan fingerprint density at radius 3 is 2.41 bits per heavy atom. The van der Waals surface area contributed by atoms with Crippen molar-refractivity contribution in [3.8, 4) is 11.5 Å². The van der Waals surface area contributed by atoms with E-state index >= 15 is 0 Å². The predicted molar refractivity (Wildman–Crippen MR) is 107 cm³/mol. The summed E-state index contributed by atoms with van der Waals surface area (Å²) in [5, 5.41) is 2.86. The molecule has 0 heterocycles. The van der Waals surface area contributed by atoms with E-state index < -0.39 is 17.7 Å². The molecule has 3 N–H and O–H groups in total. The Morgan fingerprint density at radius 2 is 1.76 bits per heavy atom. The molecule has 29 heavy (non-hydrogen) atoms. The molecule has 2 rings (SSSR count). The van der Waals surface area contributed by atoms with Crippen molar-refractivity contribution >= 4 is 29.2 Å². The quantitative estimate of drug-likeness (QED) is 0.353. The third kappa shape index (κ3) is 6.92. The second-order valence-corrected chi connectivity index (χ2v) is 6.01. The van der Waals surface area contributed by atoms with E-state index in [1.165, 1.54) is 31.4 Å². The van der Waals surface area contributed by atoms with E-state index in [9.17, 15) is 14.0 Å². The van der Waals surface area contributed by atoms with E-state index in [2.05, 4.69) is 16.2 Å². The first kappa shape index (κ1) is 21.9. The molecule has 0 radical (unpaired) electrons. The largest absolute Gasteiger partial charge is 0.489 e. The third-order valence-electron chi connectivity index (χ3n) is 3.57. The Labute approximate surface area is 172 Å². The van der Waals surface area contributed by atoms with Gasteiger partial charge in [0.15, 0.2) is 11.7 Å². The lowest BCUT2D eigenvalue weighted by molar-refractivity contribution is -0.123. The molecule has 0 bridgehead atoms. The van der Waals surface area contributed by atoms with Gasteiger partial charge in [0.1, 0.15) is 23.9 Å². The van der Waals surface area contributed by atoms with E-state index in [4.69, 9.17) is 26.4 Å². The minimum atomic E-state index is -0.614. The Balaban J connectivity index is 2.07. The van der Waals surface area contributed by atoms with E-state index in [0.29, 0.717) is 5.56 Å². The van der Waals surface area contributed by atoms with E-state index in [-0.39, 0.29) is 35.4 Å². The smallest absolute Gasteiger partial charge is 0.338 e. The van der Waals surface area contributed by atoms with Crippen LogP contribution in [-0.4, -0.2) is 37.8 Å². The summed E-state index contributed by atoms with van der Waals surface area (Å²) in [6.45, 7) is -0.403. The zero-order chi connectivity index (χ0) is 21.2. The van der Waals surface area contributed by atoms with Gasteiger partial charge in [0, 0.05) is 18.7 Å². The maximum absolute atomic E-state index is 13.8. The summed E-state index contributed by atoms with van der Waals surface area (Å²) in [5.74, 6) is -1.07. The molecule has 0 saturated heterocycles. The lowest BCUT2D eigenvalue weighted by atomic mass is 10.2. The van der Waals surface area contributed by atoms with Crippen LogP contribution in [0.25, 0.3) is 0 Å². The number of ether oxygens (including phenoxy) is 3. The van der Waals surface area contributed by atoms with Gasteiger partial charge in [0.2, 0.25) is 0 Å². The van der Waals surface area contributed by atoms with Gasteiger partial charge in [0.05, 0.1) is 12.7 Å². The average molecular weight is 421 g/mol. The first-order chi connectivity index (χ1) is 13.9. The first-order valence-corrected chi connectivity index (χ1v) is 8.82. The highest BCUT2D eigenvalue weighted by Gasteiger charge is 2.12. The van der Waals surface area contributed by atoms with Crippen LogP contribution in [0.3, 0.4) is 0 Å². The van der Waals surface area contributed by atoms with Crippen molar-refractivity contribution in [1.29, 1.82) is 0 Å². The molecule has 2 aromatic rings. The summed E-state index contributed by atoms with van der Waals surface area (Å²) in [6.07, 6.45) is 0. The highest BCUT2D eigenvalue weighted by Crippen LogP contribution is 2.25. The fraction of sp³-hybridized carbons (Fsp3) is 0.211. The number of nitrogens with one attached hydrogen (secondary N) is 3. The SMILES string of the molecule is CNC(=S)NNC(=O)COc1cc(OCc2ccccc2F)cc(C(=O)OC)c1. The number of hydrogen-bond donors (Lipinski definition) is 3. The number of rotatable bonds is 7. The zero-order valence-electron chi connectivity index (χ0n) is 15.8. The number of hydrazine groups is 1. The number of carbonyl (C=O) groups excluding carboxylic acids is 2. The summed E-state index contributed by atoms with van der Waals surface area (Å²) < 4.78 is 29.5. The van der Waals surface area contributed by atoms with Gasteiger partial charge in [-0.05, 0) is 30.4 Å². The molecule has 8 nitrogen and oxygen atoms in total. The van der Waals surface area contributed by atoms with Gasteiger partial charge in [0.25, 0.3) is 5.91 Å². The zero-order valence-corrected chi connectivity index (χ0v) is 16.6. The number of halogens is 1. The second kappa shape index (κ2) is 10.8. The molecule has 0 aromatic heterocycles. The van der Waals surface area contributed by atoms with E-state index in [1.807, 2.05) is 0 Å². The number of amides is 1. The fourth-order valence-corrected chi connectivity index (χ4v) is 2.18. The van der Waals surface area contributed by atoms with Gasteiger partial charge in [-0.1, -0.05) is 18.2 Å². The Kier molecular flexibility index (Phi) is 8.16. The molecule has 0 aliphatic rings. The molecular weight excluding hydrogens is 401 g/mol. The van der Waals surface area contributed by atoms with Gasteiger partial charge in [-0.15, -0.1) is 0 Å². The Bertz CT molecular complexity index is 894. The molecular formula is C19H20FN3O5S. The molecule has 154 valence electrons. The second-order valence-electron chi connectivity index (χ2n) is 5.61. The van der Waals surface area contributed by atoms with Gasteiger partial charge in [-0.25, -0.2) is 9.18 Å². The van der Waals surface area contributed by atoms with E-state index in [0.717, 1.165) is 0 Å². The molecule has 0 atom stereocenters. The number of hydrogen-bond acceptors (Lipinski definition) is 6.